The van der Waals surface area contributed by atoms with E-state index in [1.54, 1.807) is 13.2 Å². The number of allylic oxidation sites excluding steroid dienone is 1. The van der Waals surface area contributed by atoms with Crippen molar-refractivity contribution in [1.82, 2.24) is 14.3 Å². The molecule has 0 saturated carbocycles. The van der Waals surface area contributed by atoms with Gasteiger partial charge in [-0.05, 0) is 43.4 Å². The number of hydrogen-bond acceptors (Lipinski definition) is 5. The Balaban J connectivity index is 1.92. The van der Waals surface area contributed by atoms with E-state index in [1.807, 2.05) is 33.5 Å². The number of methoxy groups -OCH3 is 1. The van der Waals surface area contributed by atoms with E-state index in [4.69, 9.17) is 22.1 Å². The molecule has 1 N–H and O–H groups in total. The van der Waals surface area contributed by atoms with Gasteiger partial charge in [0, 0.05) is 18.5 Å². The van der Waals surface area contributed by atoms with Gasteiger partial charge in [-0.25, -0.2) is 8.42 Å². The molecule has 2 heterocycles. The van der Waals surface area contributed by atoms with Gasteiger partial charge >= 0.3 is 0 Å². The Hall–Kier alpha value is -1.97. The van der Waals surface area contributed by atoms with Crippen LogP contribution in [-0.4, -0.2) is 54.0 Å². The van der Waals surface area contributed by atoms with E-state index in [-0.39, 0.29) is 17.5 Å². The van der Waals surface area contributed by atoms with Crippen molar-refractivity contribution in [3.05, 3.63) is 41.7 Å². The summed E-state index contributed by atoms with van der Waals surface area (Å²) >= 11 is 5.67. The zero-order chi connectivity index (χ0) is 20.3. The molecular weight excluding hydrogens is 396 g/mol. The van der Waals surface area contributed by atoms with Crippen LogP contribution in [-0.2, 0) is 23.1 Å². The maximum Gasteiger partial charge on any atom is 0.203 e. The summed E-state index contributed by atoms with van der Waals surface area (Å²) in [5.74, 6) is 2.06. The summed E-state index contributed by atoms with van der Waals surface area (Å²) in [5.41, 5.74) is 0.939. The van der Waals surface area contributed by atoms with Gasteiger partial charge in [-0.2, -0.15) is 4.68 Å². The lowest BCUT2D eigenvalue weighted by molar-refractivity contribution is -0.943. The smallest absolute Gasteiger partial charge is 0.203 e. The molecule has 152 valence electrons. The van der Waals surface area contributed by atoms with Crippen LogP contribution in [0.25, 0.3) is 11.4 Å². The molecule has 1 unspecified atom stereocenters. The van der Waals surface area contributed by atoms with Crippen molar-refractivity contribution in [2.75, 3.05) is 25.2 Å². The zero-order valence-electron chi connectivity index (χ0n) is 16.3. The SMILES string of the molecule is C=CCn1c(-c2ccc(OC)cc2)nn(C[NH+](CC)[C@H]2CCS(=O)(=O)C2)c1=S. The highest BCUT2D eigenvalue weighted by molar-refractivity contribution is 7.91. The summed E-state index contributed by atoms with van der Waals surface area (Å²) in [6.45, 7) is 7.81. The van der Waals surface area contributed by atoms with Gasteiger partial charge in [0.25, 0.3) is 0 Å². The van der Waals surface area contributed by atoms with E-state index in [1.165, 1.54) is 4.90 Å². The summed E-state index contributed by atoms with van der Waals surface area (Å²) in [4.78, 5) is 1.18. The van der Waals surface area contributed by atoms with Crippen molar-refractivity contribution in [1.29, 1.82) is 0 Å². The number of hydrogen-bond donors (Lipinski definition) is 1. The number of aromatic nitrogens is 3. The molecule has 1 aromatic carbocycles. The number of ether oxygens (including phenoxy) is 1. The van der Waals surface area contributed by atoms with Crippen molar-refractivity contribution < 1.29 is 18.1 Å². The van der Waals surface area contributed by atoms with Crippen LogP contribution in [0.2, 0.25) is 0 Å². The Labute approximate surface area is 171 Å². The second-order valence-corrected chi connectivity index (χ2v) is 9.60. The van der Waals surface area contributed by atoms with E-state index in [0.717, 1.165) is 23.7 Å². The molecule has 0 bridgehead atoms. The first-order chi connectivity index (χ1) is 13.4. The fourth-order valence-electron chi connectivity index (χ4n) is 3.63. The Morgan fingerprint density at radius 1 is 1.39 bits per heavy atom. The van der Waals surface area contributed by atoms with Crippen LogP contribution < -0.4 is 9.64 Å². The van der Waals surface area contributed by atoms with Gasteiger partial charge in [0.15, 0.2) is 22.3 Å². The molecule has 0 radical (unpaired) electrons. The van der Waals surface area contributed by atoms with Gasteiger partial charge in [-0.3, -0.25) is 4.57 Å². The molecule has 0 aliphatic carbocycles. The van der Waals surface area contributed by atoms with Gasteiger partial charge in [-0.1, -0.05) is 6.08 Å². The molecule has 7 nitrogen and oxygen atoms in total. The van der Waals surface area contributed by atoms with Gasteiger partial charge in [0.05, 0.1) is 19.4 Å². The van der Waals surface area contributed by atoms with Crippen molar-refractivity contribution in [2.24, 2.45) is 0 Å². The lowest BCUT2D eigenvalue weighted by Crippen LogP contribution is -3.15. The van der Waals surface area contributed by atoms with Crippen LogP contribution in [0.15, 0.2) is 36.9 Å². The van der Waals surface area contributed by atoms with Crippen LogP contribution in [0.1, 0.15) is 13.3 Å². The third-order valence-electron chi connectivity index (χ3n) is 5.20. The molecule has 1 aromatic heterocycles. The van der Waals surface area contributed by atoms with Crippen LogP contribution >= 0.6 is 12.2 Å². The number of sulfone groups is 1. The largest absolute Gasteiger partial charge is 0.497 e. The average molecular weight is 424 g/mol. The van der Waals surface area contributed by atoms with E-state index in [2.05, 4.69) is 13.5 Å². The normalized spacial score (nSPS) is 19.4. The second-order valence-electron chi connectivity index (χ2n) is 7.00. The second kappa shape index (κ2) is 8.59. The topological polar surface area (TPSA) is 70.6 Å². The summed E-state index contributed by atoms with van der Waals surface area (Å²) in [6.07, 6.45) is 2.49. The van der Waals surface area contributed by atoms with Gasteiger partial charge in [0.2, 0.25) is 4.77 Å². The molecule has 9 heteroatoms. The number of rotatable bonds is 8. The molecular formula is C19H27N4O3S2+. The molecule has 1 aliphatic heterocycles. The van der Waals surface area contributed by atoms with Gasteiger partial charge < -0.3 is 9.64 Å². The molecule has 0 amide bonds. The molecule has 2 atom stereocenters. The molecule has 1 fully saturated rings. The quantitative estimate of drug-likeness (QED) is 0.512. The maximum absolute atomic E-state index is 11.9. The first-order valence-corrected chi connectivity index (χ1v) is 11.6. The number of nitrogens with zero attached hydrogens (tertiary/aromatic N) is 3. The number of nitrogens with one attached hydrogen (secondary N) is 1. The Kier molecular flexibility index (Phi) is 6.36. The molecule has 2 aromatic rings. The Morgan fingerprint density at radius 2 is 2.11 bits per heavy atom. The molecule has 3 rings (SSSR count). The highest BCUT2D eigenvalue weighted by Gasteiger charge is 2.35. The van der Waals surface area contributed by atoms with Crippen molar-refractivity contribution in [3.63, 3.8) is 0 Å². The van der Waals surface area contributed by atoms with Gasteiger partial charge in [-0.15, -0.1) is 11.7 Å². The lowest BCUT2D eigenvalue weighted by Gasteiger charge is -2.23. The summed E-state index contributed by atoms with van der Waals surface area (Å²) < 4.78 is 33.4. The van der Waals surface area contributed by atoms with Crippen molar-refractivity contribution in [2.45, 2.75) is 32.6 Å². The standard InChI is InChI=1S/C19H26N4O3S2/c1-4-11-22-18(15-6-8-17(26-3)9-7-15)20-23(19(22)27)14-21(5-2)16-10-12-28(24,25)13-16/h4,6-9,16H,1,5,10-14H2,2-3H3/p+1/t16-/m0/s1. The summed E-state index contributed by atoms with van der Waals surface area (Å²) in [6, 6.07) is 7.78. The van der Waals surface area contributed by atoms with E-state index >= 15 is 0 Å². The predicted octanol–water partition coefficient (Wildman–Crippen LogP) is 1.33. The van der Waals surface area contributed by atoms with Crippen molar-refractivity contribution >= 4 is 22.1 Å². The van der Waals surface area contributed by atoms with Crippen LogP contribution in [0.4, 0.5) is 0 Å². The molecule has 1 aliphatic rings. The Morgan fingerprint density at radius 3 is 2.64 bits per heavy atom. The van der Waals surface area contributed by atoms with Gasteiger partial charge in [0.1, 0.15) is 17.5 Å². The molecule has 28 heavy (non-hydrogen) atoms. The highest BCUT2D eigenvalue weighted by Crippen LogP contribution is 2.21. The molecule has 0 spiro atoms. The van der Waals surface area contributed by atoms with Crippen LogP contribution in [0.5, 0.6) is 5.75 Å². The average Bonchev–Trinajstić information content (AvgIpc) is 3.20. The fraction of sp³-hybridized carbons (Fsp3) is 0.474. The first kappa shape index (κ1) is 20.8. The minimum absolute atomic E-state index is 0.0888. The van der Waals surface area contributed by atoms with E-state index in [9.17, 15) is 8.42 Å². The highest BCUT2D eigenvalue weighted by atomic mass is 32.2. The Bertz CT molecular complexity index is 993. The molecule has 1 saturated heterocycles. The third-order valence-corrected chi connectivity index (χ3v) is 7.40. The summed E-state index contributed by atoms with van der Waals surface area (Å²) in [5, 5.41) is 4.77. The monoisotopic (exact) mass is 423 g/mol. The first-order valence-electron chi connectivity index (χ1n) is 9.36. The number of quaternary nitrogens is 1. The summed E-state index contributed by atoms with van der Waals surface area (Å²) in [7, 11) is -1.29. The lowest BCUT2D eigenvalue weighted by atomic mass is 10.2. The third kappa shape index (κ3) is 4.37. The van der Waals surface area contributed by atoms with Crippen LogP contribution in [0.3, 0.4) is 0 Å². The fourth-order valence-corrected chi connectivity index (χ4v) is 5.72. The minimum atomic E-state index is -2.92. The van der Waals surface area contributed by atoms with Crippen LogP contribution in [0, 0.1) is 4.77 Å². The van der Waals surface area contributed by atoms with E-state index in [0.29, 0.717) is 24.4 Å². The van der Waals surface area contributed by atoms with Crippen molar-refractivity contribution in [3.8, 4) is 17.1 Å². The van der Waals surface area contributed by atoms with E-state index < -0.39 is 9.84 Å². The predicted molar refractivity (Wildman–Crippen MR) is 112 cm³/mol. The maximum atomic E-state index is 11.9. The minimum Gasteiger partial charge on any atom is -0.497 e. The number of benzene rings is 1. The zero-order valence-corrected chi connectivity index (χ0v) is 17.9.